The molecule has 0 saturated heterocycles. The normalized spacial score (nSPS) is 14.5. The zero-order chi connectivity index (χ0) is 10.3. The lowest BCUT2D eigenvalue weighted by atomic mass is 10.4. The van der Waals surface area contributed by atoms with Crippen molar-refractivity contribution in [2.45, 2.75) is 19.2 Å². The molecule has 2 nitrogen and oxygen atoms in total. The van der Waals surface area contributed by atoms with Crippen molar-refractivity contribution in [2.75, 3.05) is 25.6 Å². The van der Waals surface area contributed by atoms with Gasteiger partial charge in [0, 0.05) is 5.75 Å². The first-order chi connectivity index (χ1) is 5.98. The molecule has 1 atom stereocenters. The van der Waals surface area contributed by atoms with Crippen LogP contribution in [0.25, 0.3) is 0 Å². The van der Waals surface area contributed by atoms with Gasteiger partial charge < -0.3 is 9.47 Å². The van der Waals surface area contributed by atoms with Gasteiger partial charge in [0.15, 0.2) is 6.10 Å². The molecule has 0 bridgehead atoms. The highest BCUT2D eigenvalue weighted by Gasteiger charge is 2.36. The summed E-state index contributed by atoms with van der Waals surface area (Å²) in [4.78, 5) is 0. The van der Waals surface area contributed by atoms with Crippen molar-refractivity contribution < 1.29 is 22.6 Å². The Morgan fingerprint density at radius 2 is 1.85 bits per heavy atom. The van der Waals surface area contributed by atoms with E-state index in [0.29, 0.717) is 12.4 Å². The van der Waals surface area contributed by atoms with E-state index >= 15 is 0 Å². The van der Waals surface area contributed by atoms with E-state index < -0.39 is 12.3 Å². The second-order valence-electron chi connectivity index (χ2n) is 2.39. The second-order valence-corrected chi connectivity index (χ2v) is 2.84. The number of ether oxygens (including phenoxy) is 2. The Labute approximate surface area is 80.8 Å². The Balaban J connectivity index is 3.32. The maximum Gasteiger partial charge on any atom is 0.414 e. The molecule has 0 N–H and O–H groups in total. The molecule has 6 heteroatoms. The molecule has 80 valence electrons. The van der Waals surface area contributed by atoms with E-state index in [4.69, 9.17) is 4.74 Å². The number of thiol groups is 1. The molecule has 0 heterocycles. The molecule has 0 rings (SSSR count). The molecule has 0 spiro atoms. The third kappa shape index (κ3) is 7.16. The lowest BCUT2D eigenvalue weighted by Crippen LogP contribution is -2.29. The van der Waals surface area contributed by atoms with Gasteiger partial charge in [0.2, 0.25) is 0 Å². The Kier molecular flexibility index (Phi) is 6.53. The first-order valence-corrected chi connectivity index (χ1v) is 4.48. The van der Waals surface area contributed by atoms with Gasteiger partial charge in [0.25, 0.3) is 0 Å². The molecule has 0 aliphatic carbocycles. The number of hydrogen-bond donors (Lipinski definition) is 1. The van der Waals surface area contributed by atoms with Gasteiger partial charge in [-0.2, -0.15) is 25.8 Å². The van der Waals surface area contributed by atoms with Gasteiger partial charge in [-0.25, -0.2) is 0 Å². The molecule has 0 aliphatic heterocycles. The summed E-state index contributed by atoms with van der Waals surface area (Å²) in [7, 11) is 0. The lowest BCUT2D eigenvalue weighted by molar-refractivity contribution is -0.216. The van der Waals surface area contributed by atoms with Crippen LogP contribution in [0.5, 0.6) is 0 Å². The Morgan fingerprint density at radius 3 is 2.31 bits per heavy atom. The van der Waals surface area contributed by atoms with Crippen LogP contribution in [0.2, 0.25) is 0 Å². The molecular weight excluding hydrogens is 205 g/mol. The van der Waals surface area contributed by atoms with Crippen molar-refractivity contribution in [3.63, 3.8) is 0 Å². The molecule has 13 heavy (non-hydrogen) atoms. The SMILES string of the molecule is CC(OCCOCCS)C(F)(F)F. The Bertz CT molecular complexity index is 129. The van der Waals surface area contributed by atoms with Crippen LogP contribution < -0.4 is 0 Å². The Hall–Kier alpha value is 0.0600. The fourth-order valence-electron chi connectivity index (χ4n) is 0.545. The smallest absolute Gasteiger partial charge is 0.378 e. The van der Waals surface area contributed by atoms with Crippen LogP contribution >= 0.6 is 12.6 Å². The van der Waals surface area contributed by atoms with Crippen LogP contribution in [0.3, 0.4) is 0 Å². The molecule has 0 aromatic heterocycles. The standard InChI is InChI=1S/C7H13F3O2S/c1-6(7(8,9)10)12-3-2-11-4-5-13/h6,13H,2-5H2,1H3. The topological polar surface area (TPSA) is 18.5 Å². The summed E-state index contributed by atoms with van der Waals surface area (Å²) < 4.78 is 44.9. The van der Waals surface area contributed by atoms with Crippen molar-refractivity contribution in [2.24, 2.45) is 0 Å². The predicted molar refractivity (Wildman–Crippen MR) is 46.1 cm³/mol. The average molecular weight is 218 g/mol. The summed E-state index contributed by atoms with van der Waals surface area (Å²) in [6.45, 7) is 1.51. The second kappa shape index (κ2) is 6.50. The monoisotopic (exact) mass is 218 g/mol. The van der Waals surface area contributed by atoms with E-state index in [9.17, 15) is 13.2 Å². The highest BCUT2D eigenvalue weighted by molar-refractivity contribution is 7.80. The minimum absolute atomic E-state index is 0.0472. The number of alkyl halides is 3. The highest BCUT2D eigenvalue weighted by Crippen LogP contribution is 2.21. The van der Waals surface area contributed by atoms with Gasteiger partial charge in [-0.3, -0.25) is 0 Å². The van der Waals surface area contributed by atoms with Crippen molar-refractivity contribution in [1.29, 1.82) is 0 Å². The maximum absolute atomic E-state index is 11.8. The van der Waals surface area contributed by atoms with E-state index in [-0.39, 0.29) is 13.2 Å². The molecule has 0 aromatic rings. The summed E-state index contributed by atoms with van der Waals surface area (Å²) in [6.07, 6.45) is -6.02. The molecule has 0 saturated carbocycles. The van der Waals surface area contributed by atoms with Crippen molar-refractivity contribution in [3.05, 3.63) is 0 Å². The van der Waals surface area contributed by atoms with Gasteiger partial charge in [-0.15, -0.1) is 0 Å². The van der Waals surface area contributed by atoms with Crippen LogP contribution in [0, 0.1) is 0 Å². The highest BCUT2D eigenvalue weighted by atomic mass is 32.1. The van der Waals surface area contributed by atoms with E-state index in [1.807, 2.05) is 0 Å². The molecule has 0 amide bonds. The zero-order valence-corrected chi connectivity index (χ0v) is 8.20. The van der Waals surface area contributed by atoms with Gasteiger partial charge in [0.1, 0.15) is 0 Å². The number of halogens is 3. The fraction of sp³-hybridized carbons (Fsp3) is 1.00. The predicted octanol–water partition coefficient (Wildman–Crippen LogP) is 1.90. The summed E-state index contributed by atoms with van der Waals surface area (Å²) >= 11 is 3.86. The Morgan fingerprint density at radius 1 is 1.23 bits per heavy atom. The minimum Gasteiger partial charge on any atom is -0.378 e. The zero-order valence-electron chi connectivity index (χ0n) is 7.30. The van der Waals surface area contributed by atoms with Crippen LogP contribution in [0.1, 0.15) is 6.92 Å². The fourth-order valence-corrected chi connectivity index (χ4v) is 0.674. The van der Waals surface area contributed by atoms with Gasteiger partial charge >= 0.3 is 6.18 Å². The number of rotatable bonds is 6. The minimum atomic E-state index is -4.29. The number of hydrogen-bond acceptors (Lipinski definition) is 3. The van der Waals surface area contributed by atoms with E-state index in [0.717, 1.165) is 6.92 Å². The molecular formula is C7H13F3O2S. The maximum atomic E-state index is 11.8. The van der Waals surface area contributed by atoms with Gasteiger partial charge in [-0.1, -0.05) is 0 Å². The molecule has 1 unspecified atom stereocenters. The first-order valence-electron chi connectivity index (χ1n) is 3.85. The van der Waals surface area contributed by atoms with Crippen molar-refractivity contribution in [1.82, 2.24) is 0 Å². The molecule has 0 fully saturated rings. The molecule has 0 radical (unpaired) electrons. The third-order valence-electron chi connectivity index (χ3n) is 1.29. The van der Waals surface area contributed by atoms with E-state index in [1.165, 1.54) is 0 Å². The first kappa shape index (κ1) is 13.1. The summed E-state index contributed by atoms with van der Waals surface area (Å²) in [5.41, 5.74) is 0. The third-order valence-corrected chi connectivity index (χ3v) is 1.47. The van der Waals surface area contributed by atoms with Crippen molar-refractivity contribution in [3.8, 4) is 0 Å². The quantitative estimate of drug-likeness (QED) is 0.542. The van der Waals surface area contributed by atoms with Crippen LogP contribution in [-0.4, -0.2) is 37.9 Å². The largest absolute Gasteiger partial charge is 0.414 e. The average Bonchev–Trinajstić information content (AvgIpc) is 2.02. The van der Waals surface area contributed by atoms with Crippen molar-refractivity contribution >= 4 is 12.6 Å². The van der Waals surface area contributed by atoms with Crippen LogP contribution in [0.4, 0.5) is 13.2 Å². The summed E-state index contributed by atoms with van der Waals surface area (Å²) in [5, 5.41) is 0. The van der Waals surface area contributed by atoms with E-state index in [1.54, 1.807) is 0 Å². The summed E-state index contributed by atoms with van der Waals surface area (Å²) in [5.74, 6) is 0.550. The van der Waals surface area contributed by atoms with Crippen LogP contribution in [-0.2, 0) is 9.47 Å². The molecule has 0 aliphatic rings. The summed E-state index contributed by atoms with van der Waals surface area (Å²) in [6, 6.07) is 0. The van der Waals surface area contributed by atoms with E-state index in [2.05, 4.69) is 17.4 Å². The van der Waals surface area contributed by atoms with Gasteiger partial charge in [-0.05, 0) is 6.92 Å². The van der Waals surface area contributed by atoms with Gasteiger partial charge in [0.05, 0.1) is 19.8 Å². The lowest BCUT2D eigenvalue weighted by Gasteiger charge is -2.15. The van der Waals surface area contributed by atoms with Crippen LogP contribution in [0.15, 0.2) is 0 Å². The molecule has 0 aromatic carbocycles.